The third-order valence-corrected chi connectivity index (χ3v) is 5.95. The molecule has 3 rings (SSSR count). The van der Waals surface area contributed by atoms with Crippen LogP contribution in [-0.4, -0.2) is 54.8 Å². The molecule has 166 valence electrons. The van der Waals surface area contributed by atoms with Crippen LogP contribution in [0.2, 0.25) is 0 Å². The molecule has 2 atom stereocenters. The van der Waals surface area contributed by atoms with Crippen molar-refractivity contribution in [2.45, 2.75) is 33.0 Å². The molecular formula is C23H27BrN2O4S. The van der Waals surface area contributed by atoms with E-state index in [0.29, 0.717) is 16.0 Å². The molecular weight excluding hydrogens is 480 g/mol. The number of anilines is 1. The molecule has 1 aliphatic rings. The molecule has 0 aromatic heterocycles. The molecule has 1 saturated heterocycles. The molecule has 0 unspecified atom stereocenters. The number of hydrogen-bond acceptors (Lipinski definition) is 5. The smallest absolute Gasteiger partial charge is 0.262 e. The third kappa shape index (κ3) is 6.18. The predicted octanol–water partition coefficient (Wildman–Crippen LogP) is 4.57. The van der Waals surface area contributed by atoms with E-state index in [1.165, 1.54) is 0 Å². The number of carbonyl (C=O) groups excluding carboxylic acids is 1. The molecule has 6 nitrogen and oxygen atoms in total. The zero-order valence-corrected chi connectivity index (χ0v) is 20.5. The first-order valence-electron chi connectivity index (χ1n) is 10.1. The lowest BCUT2D eigenvalue weighted by Gasteiger charge is -2.37. The topological polar surface area (TPSA) is 60.0 Å². The number of rotatable bonds is 6. The van der Waals surface area contributed by atoms with Crippen LogP contribution in [0, 0.1) is 6.92 Å². The lowest BCUT2D eigenvalue weighted by atomic mass is 10.1. The Balaban J connectivity index is 1.69. The number of nitrogens with one attached hydrogen (secondary N) is 1. The molecule has 0 aliphatic carbocycles. The van der Waals surface area contributed by atoms with Gasteiger partial charge in [0.1, 0.15) is 4.99 Å². The number of ether oxygens (including phenoxy) is 3. The SMILES string of the molecule is COc1cc(C(=S)N2C[C@@H](C)O[C@@H](C)C2)cc(Br)c1OCC(=O)Nc1ccc(C)cc1. The van der Waals surface area contributed by atoms with Crippen molar-refractivity contribution in [1.82, 2.24) is 4.90 Å². The van der Waals surface area contributed by atoms with Gasteiger partial charge in [-0.05, 0) is 61.0 Å². The van der Waals surface area contributed by atoms with E-state index in [1.54, 1.807) is 7.11 Å². The summed E-state index contributed by atoms with van der Waals surface area (Å²) in [6, 6.07) is 11.3. The predicted molar refractivity (Wildman–Crippen MR) is 129 cm³/mol. The monoisotopic (exact) mass is 506 g/mol. The maximum Gasteiger partial charge on any atom is 0.262 e. The molecule has 2 aromatic carbocycles. The fourth-order valence-electron chi connectivity index (χ4n) is 3.48. The number of carbonyl (C=O) groups is 1. The van der Waals surface area contributed by atoms with Crippen LogP contribution in [0.1, 0.15) is 25.0 Å². The zero-order valence-electron chi connectivity index (χ0n) is 18.1. The summed E-state index contributed by atoms with van der Waals surface area (Å²) in [5, 5.41) is 2.82. The number of hydrogen-bond donors (Lipinski definition) is 1. The molecule has 0 radical (unpaired) electrons. The first-order valence-corrected chi connectivity index (χ1v) is 11.3. The number of aryl methyl sites for hydroxylation is 1. The number of amides is 1. The Morgan fingerprint density at radius 2 is 1.87 bits per heavy atom. The summed E-state index contributed by atoms with van der Waals surface area (Å²) in [5.74, 6) is 0.703. The van der Waals surface area contributed by atoms with Gasteiger partial charge in [-0.1, -0.05) is 29.9 Å². The minimum Gasteiger partial charge on any atom is -0.493 e. The minimum atomic E-state index is -0.256. The van der Waals surface area contributed by atoms with Crippen LogP contribution in [-0.2, 0) is 9.53 Å². The van der Waals surface area contributed by atoms with Gasteiger partial charge in [-0.15, -0.1) is 0 Å². The summed E-state index contributed by atoms with van der Waals surface area (Å²) in [6.45, 7) is 7.40. The van der Waals surface area contributed by atoms with Gasteiger partial charge in [-0.3, -0.25) is 4.79 Å². The van der Waals surface area contributed by atoms with Crippen molar-refractivity contribution in [1.29, 1.82) is 0 Å². The normalized spacial score (nSPS) is 18.4. The van der Waals surface area contributed by atoms with Crippen LogP contribution in [0.25, 0.3) is 0 Å². The number of nitrogens with zero attached hydrogens (tertiary/aromatic N) is 1. The first-order chi connectivity index (χ1) is 14.8. The molecule has 1 amide bonds. The quantitative estimate of drug-likeness (QED) is 0.579. The lowest BCUT2D eigenvalue weighted by Crippen LogP contribution is -2.47. The van der Waals surface area contributed by atoms with Crippen LogP contribution in [0.4, 0.5) is 5.69 Å². The highest BCUT2D eigenvalue weighted by molar-refractivity contribution is 9.10. The number of benzene rings is 2. The molecule has 1 aliphatic heterocycles. The molecule has 1 heterocycles. The maximum atomic E-state index is 12.3. The lowest BCUT2D eigenvalue weighted by molar-refractivity contribution is -0.118. The summed E-state index contributed by atoms with van der Waals surface area (Å²) in [6.07, 6.45) is 0.225. The van der Waals surface area contributed by atoms with Gasteiger partial charge in [0.2, 0.25) is 0 Å². The van der Waals surface area contributed by atoms with E-state index >= 15 is 0 Å². The van der Waals surface area contributed by atoms with E-state index in [9.17, 15) is 4.79 Å². The highest BCUT2D eigenvalue weighted by atomic mass is 79.9. The third-order valence-electron chi connectivity index (χ3n) is 4.87. The van der Waals surface area contributed by atoms with Gasteiger partial charge in [0.25, 0.3) is 5.91 Å². The Bertz CT molecular complexity index is 941. The van der Waals surface area contributed by atoms with E-state index in [1.807, 2.05) is 57.2 Å². The average molecular weight is 507 g/mol. The number of thiocarbonyl (C=S) groups is 1. The maximum absolute atomic E-state index is 12.3. The van der Waals surface area contributed by atoms with Crippen LogP contribution in [0.5, 0.6) is 11.5 Å². The van der Waals surface area contributed by atoms with Crippen LogP contribution < -0.4 is 14.8 Å². The van der Waals surface area contributed by atoms with Crippen molar-refractivity contribution < 1.29 is 19.0 Å². The Kier molecular flexibility index (Phi) is 7.91. The van der Waals surface area contributed by atoms with Gasteiger partial charge < -0.3 is 24.4 Å². The molecule has 2 aromatic rings. The first kappa shape index (κ1) is 23.5. The van der Waals surface area contributed by atoms with Gasteiger partial charge in [0, 0.05) is 24.3 Å². The van der Waals surface area contributed by atoms with Crippen molar-refractivity contribution in [2.24, 2.45) is 0 Å². The fourth-order valence-corrected chi connectivity index (χ4v) is 4.30. The second-order valence-corrected chi connectivity index (χ2v) is 8.90. The van der Waals surface area contributed by atoms with Crippen molar-refractivity contribution >= 4 is 44.7 Å². The summed E-state index contributed by atoms with van der Waals surface area (Å²) in [7, 11) is 1.56. The highest BCUT2D eigenvalue weighted by Gasteiger charge is 2.25. The van der Waals surface area contributed by atoms with Gasteiger partial charge in [-0.2, -0.15) is 0 Å². The van der Waals surface area contributed by atoms with Gasteiger partial charge in [0.05, 0.1) is 23.8 Å². The van der Waals surface area contributed by atoms with Gasteiger partial charge in [0.15, 0.2) is 18.1 Å². The molecule has 8 heteroatoms. The summed E-state index contributed by atoms with van der Waals surface area (Å²) < 4.78 is 17.8. The number of methoxy groups -OCH3 is 1. The Hall–Kier alpha value is -2.16. The number of morpholine rings is 1. The van der Waals surface area contributed by atoms with Crippen LogP contribution in [0.15, 0.2) is 40.9 Å². The molecule has 0 saturated carbocycles. The van der Waals surface area contributed by atoms with Crippen molar-refractivity contribution in [3.8, 4) is 11.5 Å². The zero-order chi connectivity index (χ0) is 22.5. The number of halogens is 1. The molecule has 1 fully saturated rings. The largest absolute Gasteiger partial charge is 0.493 e. The van der Waals surface area contributed by atoms with Crippen molar-refractivity contribution in [3.63, 3.8) is 0 Å². The van der Waals surface area contributed by atoms with Gasteiger partial charge >= 0.3 is 0 Å². The van der Waals surface area contributed by atoms with Crippen LogP contribution in [0.3, 0.4) is 0 Å². The van der Waals surface area contributed by atoms with Gasteiger partial charge in [-0.25, -0.2) is 0 Å². The van der Waals surface area contributed by atoms with E-state index in [0.717, 1.165) is 34.9 Å². The molecule has 1 N–H and O–H groups in total. The molecule has 0 spiro atoms. The second-order valence-electron chi connectivity index (χ2n) is 7.66. The van der Waals surface area contributed by atoms with E-state index < -0.39 is 0 Å². The van der Waals surface area contributed by atoms with Crippen molar-refractivity contribution in [2.75, 3.05) is 32.1 Å². The Morgan fingerprint density at radius 3 is 2.48 bits per heavy atom. The Morgan fingerprint density at radius 1 is 1.23 bits per heavy atom. The van der Waals surface area contributed by atoms with E-state index in [2.05, 4.69) is 26.1 Å². The molecule has 0 bridgehead atoms. The van der Waals surface area contributed by atoms with E-state index in [4.69, 9.17) is 26.4 Å². The summed E-state index contributed by atoms with van der Waals surface area (Å²) in [4.78, 5) is 15.2. The standard InChI is InChI=1S/C23H27BrN2O4S/c1-14-5-7-18(8-6-14)25-21(27)13-29-22-19(24)9-17(10-20(22)28-4)23(31)26-11-15(2)30-16(3)12-26/h5-10,15-16H,11-13H2,1-4H3,(H,25,27)/t15-,16+. The summed E-state index contributed by atoms with van der Waals surface area (Å²) >= 11 is 9.27. The Labute approximate surface area is 197 Å². The minimum absolute atomic E-state index is 0.113. The summed E-state index contributed by atoms with van der Waals surface area (Å²) in [5.41, 5.74) is 2.69. The van der Waals surface area contributed by atoms with Crippen molar-refractivity contribution in [3.05, 3.63) is 52.0 Å². The van der Waals surface area contributed by atoms with E-state index in [-0.39, 0.29) is 24.7 Å². The van der Waals surface area contributed by atoms with Crippen LogP contribution >= 0.6 is 28.1 Å². The average Bonchev–Trinajstić information content (AvgIpc) is 2.72. The highest BCUT2D eigenvalue weighted by Crippen LogP contribution is 2.37. The second kappa shape index (κ2) is 10.4. The molecule has 31 heavy (non-hydrogen) atoms. The fraction of sp³-hybridized carbons (Fsp3) is 0.391.